The van der Waals surface area contributed by atoms with Crippen molar-refractivity contribution in [3.8, 4) is 0 Å². The second-order valence-corrected chi connectivity index (χ2v) is 5.41. The molecule has 0 atom stereocenters. The monoisotopic (exact) mass is 245 g/mol. The molecule has 0 saturated heterocycles. The van der Waals surface area contributed by atoms with Crippen LogP contribution in [-0.4, -0.2) is 13.1 Å². The highest BCUT2D eigenvalue weighted by Gasteiger charge is 2.04. The maximum Gasteiger partial charge on any atom is 0.0170 e. The zero-order valence-electron chi connectivity index (χ0n) is 12.5. The first-order valence-electron chi connectivity index (χ1n) is 7.03. The van der Waals surface area contributed by atoms with Crippen LogP contribution in [0.2, 0.25) is 0 Å². The lowest BCUT2D eigenvalue weighted by molar-refractivity contribution is 0.657. The number of aryl methyl sites for hydroxylation is 2. The van der Waals surface area contributed by atoms with Crippen LogP contribution in [0.4, 0.5) is 0 Å². The molecule has 0 unspecified atom stereocenters. The van der Waals surface area contributed by atoms with Crippen LogP contribution in [0.15, 0.2) is 23.8 Å². The van der Waals surface area contributed by atoms with Gasteiger partial charge < -0.3 is 5.32 Å². The van der Waals surface area contributed by atoms with Gasteiger partial charge >= 0.3 is 0 Å². The average molecular weight is 245 g/mol. The minimum Gasteiger partial charge on any atom is -0.313 e. The maximum atomic E-state index is 3.50. The Bertz CT molecular complexity index is 402. The Morgan fingerprint density at radius 3 is 2.61 bits per heavy atom. The summed E-state index contributed by atoms with van der Waals surface area (Å²) in [6.07, 6.45) is 3.55. The molecule has 18 heavy (non-hydrogen) atoms. The highest BCUT2D eigenvalue weighted by atomic mass is 14.8. The van der Waals surface area contributed by atoms with Gasteiger partial charge in [0.2, 0.25) is 0 Å². The van der Waals surface area contributed by atoms with Crippen LogP contribution in [0.3, 0.4) is 0 Å². The standard InChI is InChI=1S/C17H27N/c1-6-9-18-12-17(13(2)3)11-16-10-14(4)7-8-15(16)5/h7-8,10-11,13,18H,6,9,12H2,1-5H3. The fourth-order valence-electron chi connectivity index (χ4n) is 1.95. The van der Waals surface area contributed by atoms with Crippen LogP contribution < -0.4 is 5.32 Å². The van der Waals surface area contributed by atoms with Gasteiger partial charge in [-0.15, -0.1) is 0 Å². The molecule has 0 aliphatic rings. The zero-order valence-corrected chi connectivity index (χ0v) is 12.5. The van der Waals surface area contributed by atoms with Gasteiger partial charge in [0.05, 0.1) is 0 Å². The van der Waals surface area contributed by atoms with Gasteiger partial charge in [0.1, 0.15) is 0 Å². The van der Waals surface area contributed by atoms with E-state index in [-0.39, 0.29) is 0 Å². The molecule has 0 fully saturated rings. The van der Waals surface area contributed by atoms with Gasteiger partial charge in [-0.3, -0.25) is 0 Å². The van der Waals surface area contributed by atoms with Crippen molar-refractivity contribution in [2.45, 2.75) is 41.0 Å². The molecule has 1 nitrogen and oxygen atoms in total. The molecule has 100 valence electrons. The summed E-state index contributed by atoms with van der Waals surface area (Å²) in [5.74, 6) is 0.592. The molecular weight excluding hydrogens is 218 g/mol. The number of rotatable bonds is 6. The van der Waals surface area contributed by atoms with E-state index in [0.29, 0.717) is 5.92 Å². The Morgan fingerprint density at radius 1 is 1.28 bits per heavy atom. The summed E-state index contributed by atoms with van der Waals surface area (Å²) in [4.78, 5) is 0. The van der Waals surface area contributed by atoms with E-state index in [2.05, 4.69) is 64.2 Å². The summed E-state index contributed by atoms with van der Waals surface area (Å²) >= 11 is 0. The van der Waals surface area contributed by atoms with Crippen molar-refractivity contribution in [3.05, 3.63) is 40.5 Å². The molecule has 0 aliphatic heterocycles. The van der Waals surface area contributed by atoms with Gasteiger partial charge in [0.15, 0.2) is 0 Å². The van der Waals surface area contributed by atoms with Gasteiger partial charge in [-0.25, -0.2) is 0 Å². The van der Waals surface area contributed by atoms with Crippen molar-refractivity contribution in [2.24, 2.45) is 5.92 Å². The number of hydrogen-bond acceptors (Lipinski definition) is 1. The molecule has 1 N–H and O–H groups in total. The molecule has 1 rings (SSSR count). The fourth-order valence-corrected chi connectivity index (χ4v) is 1.95. The highest BCUT2D eigenvalue weighted by molar-refractivity contribution is 5.58. The smallest absolute Gasteiger partial charge is 0.0170 e. The summed E-state index contributed by atoms with van der Waals surface area (Å²) in [6, 6.07) is 6.66. The van der Waals surface area contributed by atoms with Crippen molar-refractivity contribution < 1.29 is 0 Å². The molecule has 0 radical (unpaired) electrons. The first kappa shape index (κ1) is 15.0. The van der Waals surface area contributed by atoms with E-state index >= 15 is 0 Å². The molecule has 0 bridgehead atoms. The predicted octanol–water partition coefficient (Wildman–Crippen LogP) is 4.34. The summed E-state index contributed by atoms with van der Waals surface area (Å²) in [5, 5.41) is 3.50. The first-order valence-corrected chi connectivity index (χ1v) is 7.03. The Kier molecular flexibility index (Phi) is 6.14. The fraction of sp³-hybridized carbons (Fsp3) is 0.529. The molecule has 0 aliphatic carbocycles. The van der Waals surface area contributed by atoms with Gasteiger partial charge in [-0.2, -0.15) is 0 Å². The number of hydrogen-bond donors (Lipinski definition) is 1. The highest BCUT2D eigenvalue weighted by Crippen LogP contribution is 2.18. The zero-order chi connectivity index (χ0) is 13.5. The van der Waals surface area contributed by atoms with Crippen molar-refractivity contribution in [3.63, 3.8) is 0 Å². The topological polar surface area (TPSA) is 12.0 Å². The molecular formula is C17H27N. The number of benzene rings is 1. The third kappa shape index (κ3) is 4.66. The van der Waals surface area contributed by atoms with E-state index < -0.39 is 0 Å². The average Bonchev–Trinajstić information content (AvgIpc) is 2.32. The second kappa shape index (κ2) is 7.38. The van der Waals surface area contributed by atoms with E-state index in [1.165, 1.54) is 28.7 Å². The summed E-state index contributed by atoms with van der Waals surface area (Å²) in [6.45, 7) is 13.2. The molecule has 0 saturated carbocycles. The maximum absolute atomic E-state index is 3.50. The number of nitrogens with one attached hydrogen (secondary N) is 1. The molecule has 1 heteroatoms. The Morgan fingerprint density at radius 2 is 2.00 bits per heavy atom. The quantitative estimate of drug-likeness (QED) is 0.735. The van der Waals surface area contributed by atoms with Crippen molar-refractivity contribution in [1.29, 1.82) is 0 Å². The van der Waals surface area contributed by atoms with E-state index in [4.69, 9.17) is 0 Å². The molecule has 1 aromatic carbocycles. The van der Waals surface area contributed by atoms with Gasteiger partial charge in [-0.1, -0.05) is 56.2 Å². The molecule has 0 spiro atoms. The Hall–Kier alpha value is -1.08. The van der Waals surface area contributed by atoms with Gasteiger partial charge in [0.25, 0.3) is 0 Å². The Balaban J connectivity index is 2.89. The minimum atomic E-state index is 0.592. The minimum absolute atomic E-state index is 0.592. The first-order chi connectivity index (χ1) is 8.54. The second-order valence-electron chi connectivity index (χ2n) is 5.41. The van der Waals surface area contributed by atoms with Gasteiger partial charge in [0, 0.05) is 6.54 Å². The normalized spacial score (nSPS) is 12.2. The largest absolute Gasteiger partial charge is 0.313 e. The molecule has 0 amide bonds. The summed E-state index contributed by atoms with van der Waals surface area (Å²) in [7, 11) is 0. The van der Waals surface area contributed by atoms with Crippen LogP contribution >= 0.6 is 0 Å². The van der Waals surface area contributed by atoms with Crippen LogP contribution in [0.5, 0.6) is 0 Å². The summed E-state index contributed by atoms with van der Waals surface area (Å²) < 4.78 is 0. The molecule has 0 heterocycles. The van der Waals surface area contributed by atoms with Crippen molar-refractivity contribution in [1.82, 2.24) is 5.32 Å². The van der Waals surface area contributed by atoms with Crippen molar-refractivity contribution in [2.75, 3.05) is 13.1 Å². The molecule has 0 aromatic heterocycles. The third-order valence-electron chi connectivity index (χ3n) is 3.27. The van der Waals surface area contributed by atoms with Crippen LogP contribution in [0.25, 0.3) is 6.08 Å². The SMILES string of the molecule is CCCNCC(=Cc1cc(C)ccc1C)C(C)C. The van der Waals surface area contributed by atoms with E-state index in [1.54, 1.807) is 0 Å². The lowest BCUT2D eigenvalue weighted by Gasteiger charge is -2.14. The lowest BCUT2D eigenvalue weighted by atomic mass is 9.97. The van der Waals surface area contributed by atoms with Crippen molar-refractivity contribution >= 4 is 6.08 Å². The van der Waals surface area contributed by atoms with E-state index in [9.17, 15) is 0 Å². The predicted molar refractivity (Wildman–Crippen MR) is 81.9 cm³/mol. The van der Waals surface area contributed by atoms with Crippen LogP contribution in [0.1, 0.15) is 43.9 Å². The summed E-state index contributed by atoms with van der Waals surface area (Å²) in [5.41, 5.74) is 5.53. The van der Waals surface area contributed by atoms with E-state index in [1.807, 2.05) is 0 Å². The molecule has 1 aromatic rings. The third-order valence-corrected chi connectivity index (χ3v) is 3.27. The van der Waals surface area contributed by atoms with Crippen LogP contribution in [0, 0.1) is 19.8 Å². The van der Waals surface area contributed by atoms with Gasteiger partial charge in [-0.05, 0) is 43.9 Å². The van der Waals surface area contributed by atoms with E-state index in [0.717, 1.165) is 13.1 Å². The van der Waals surface area contributed by atoms with Crippen LogP contribution in [-0.2, 0) is 0 Å². The lowest BCUT2D eigenvalue weighted by Crippen LogP contribution is -2.20. The Labute approximate surface area is 112 Å².